The fourth-order valence-electron chi connectivity index (χ4n) is 3.04. The molecule has 0 bridgehead atoms. The van der Waals surface area contributed by atoms with Crippen molar-refractivity contribution in [2.24, 2.45) is 0 Å². The van der Waals surface area contributed by atoms with Gasteiger partial charge in [0.25, 0.3) is 0 Å². The number of hydrogen-bond donors (Lipinski definition) is 0. The molecule has 1 heterocycles. The Morgan fingerprint density at radius 3 is 2.33 bits per heavy atom. The first-order chi connectivity index (χ1) is 8.46. The third-order valence-electron chi connectivity index (χ3n) is 4.19. The molecule has 1 aliphatic heterocycles. The molecule has 1 saturated carbocycles. The zero-order valence-corrected chi connectivity index (χ0v) is 12.3. The van der Waals surface area contributed by atoms with Crippen LogP contribution in [0, 0.1) is 0 Å². The number of alkyl halides is 2. The lowest BCUT2D eigenvalue weighted by Crippen LogP contribution is -2.40. The molecule has 2 aliphatic rings. The van der Waals surface area contributed by atoms with E-state index in [9.17, 15) is 8.78 Å². The highest BCUT2D eigenvalue weighted by molar-refractivity contribution is 8.00. The van der Waals surface area contributed by atoms with Crippen LogP contribution in [0.4, 0.5) is 8.78 Å². The fourth-order valence-corrected chi connectivity index (χ4v) is 4.71. The number of likely N-dealkylation sites (tertiary alicyclic amines) is 1. The molecule has 1 aliphatic carbocycles. The summed E-state index contributed by atoms with van der Waals surface area (Å²) >= 11 is 1.85. The van der Waals surface area contributed by atoms with Gasteiger partial charge in [0.15, 0.2) is 0 Å². The van der Waals surface area contributed by atoms with Crippen molar-refractivity contribution in [2.75, 3.05) is 13.1 Å². The second-order valence-corrected chi connectivity index (χ2v) is 7.64. The zero-order chi connectivity index (χ0) is 13.2. The Morgan fingerprint density at radius 2 is 1.78 bits per heavy atom. The van der Waals surface area contributed by atoms with Gasteiger partial charge in [-0.3, -0.25) is 0 Å². The van der Waals surface area contributed by atoms with E-state index in [0.29, 0.717) is 17.7 Å². The summed E-state index contributed by atoms with van der Waals surface area (Å²) in [7, 11) is 0. The maximum Gasteiger partial charge on any atom is 0.249 e. The van der Waals surface area contributed by atoms with Crippen molar-refractivity contribution in [2.45, 2.75) is 74.8 Å². The van der Waals surface area contributed by atoms with Crippen LogP contribution in [-0.2, 0) is 0 Å². The second-order valence-electron chi connectivity index (χ2n) is 6.04. The SMILES string of the molecule is CC(C)N1CCC(S[C@H]2CCCC(F)(F)C2)CC1. The number of thioether (sulfide) groups is 1. The third-order valence-corrected chi connectivity index (χ3v) is 5.83. The first-order valence-corrected chi connectivity index (χ1v) is 8.18. The number of rotatable bonds is 3. The molecular formula is C14H25F2NS. The van der Waals surface area contributed by atoms with E-state index in [2.05, 4.69) is 18.7 Å². The minimum absolute atomic E-state index is 0.107. The van der Waals surface area contributed by atoms with Crippen molar-refractivity contribution in [3.8, 4) is 0 Å². The van der Waals surface area contributed by atoms with E-state index in [4.69, 9.17) is 0 Å². The van der Waals surface area contributed by atoms with E-state index in [1.54, 1.807) is 0 Å². The number of nitrogens with zero attached hydrogens (tertiary/aromatic N) is 1. The molecule has 0 N–H and O–H groups in total. The molecule has 2 fully saturated rings. The van der Waals surface area contributed by atoms with Gasteiger partial charge in [0, 0.05) is 29.4 Å². The molecule has 18 heavy (non-hydrogen) atoms. The Bertz CT molecular complexity index is 263. The largest absolute Gasteiger partial charge is 0.301 e. The van der Waals surface area contributed by atoms with Gasteiger partial charge < -0.3 is 4.90 Å². The Hall–Kier alpha value is 0.170. The van der Waals surface area contributed by atoms with Crippen LogP contribution in [0.2, 0.25) is 0 Å². The van der Waals surface area contributed by atoms with Crippen molar-refractivity contribution in [3.05, 3.63) is 0 Å². The van der Waals surface area contributed by atoms with Crippen LogP contribution in [0.1, 0.15) is 52.4 Å². The Balaban J connectivity index is 1.74. The van der Waals surface area contributed by atoms with E-state index < -0.39 is 5.92 Å². The lowest BCUT2D eigenvalue weighted by molar-refractivity contribution is -0.0315. The van der Waals surface area contributed by atoms with Crippen LogP contribution < -0.4 is 0 Å². The average Bonchev–Trinajstić information content (AvgIpc) is 2.28. The van der Waals surface area contributed by atoms with Crippen molar-refractivity contribution >= 4 is 11.8 Å². The molecule has 0 unspecified atom stereocenters. The number of hydrogen-bond acceptors (Lipinski definition) is 2. The van der Waals surface area contributed by atoms with Crippen LogP contribution in [0.25, 0.3) is 0 Å². The maximum absolute atomic E-state index is 13.4. The molecule has 0 aromatic rings. The first-order valence-electron chi connectivity index (χ1n) is 7.23. The monoisotopic (exact) mass is 277 g/mol. The van der Waals surface area contributed by atoms with Crippen LogP contribution in [-0.4, -0.2) is 40.5 Å². The van der Waals surface area contributed by atoms with Crippen LogP contribution in [0.15, 0.2) is 0 Å². The highest BCUT2D eigenvalue weighted by Gasteiger charge is 2.37. The predicted molar refractivity (Wildman–Crippen MR) is 74.5 cm³/mol. The maximum atomic E-state index is 13.4. The van der Waals surface area contributed by atoms with Crippen molar-refractivity contribution in [1.29, 1.82) is 0 Å². The lowest BCUT2D eigenvalue weighted by atomic mass is 9.96. The van der Waals surface area contributed by atoms with Gasteiger partial charge in [-0.1, -0.05) is 0 Å². The van der Waals surface area contributed by atoms with Gasteiger partial charge in [-0.05, 0) is 52.6 Å². The van der Waals surface area contributed by atoms with Crippen LogP contribution in [0.5, 0.6) is 0 Å². The van der Waals surface area contributed by atoms with E-state index in [0.717, 1.165) is 19.5 Å². The van der Waals surface area contributed by atoms with E-state index >= 15 is 0 Å². The fraction of sp³-hybridized carbons (Fsp3) is 1.00. The molecule has 106 valence electrons. The van der Waals surface area contributed by atoms with Crippen molar-refractivity contribution in [1.82, 2.24) is 4.90 Å². The highest BCUT2D eigenvalue weighted by Crippen LogP contribution is 2.41. The van der Waals surface area contributed by atoms with E-state index in [1.807, 2.05) is 11.8 Å². The van der Waals surface area contributed by atoms with Crippen LogP contribution >= 0.6 is 11.8 Å². The number of piperidine rings is 1. The standard InChI is InChI=1S/C14H25F2NS/c1-11(2)17-8-5-12(6-9-17)18-13-4-3-7-14(15,16)10-13/h11-13H,3-10H2,1-2H3/t13-/m0/s1. The third kappa shape index (κ3) is 4.09. The van der Waals surface area contributed by atoms with Gasteiger partial charge in [0.05, 0.1) is 0 Å². The summed E-state index contributed by atoms with van der Waals surface area (Å²) < 4.78 is 26.7. The van der Waals surface area contributed by atoms with Gasteiger partial charge >= 0.3 is 0 Å². The Morgan fingerprint density at radius 1 is 1.11 bits per heavy atom. The average molecular weight is 277 g/mol. The smallest absolute Gasteiger partial charge is 0.249 e. The van der Waals surface area contributed by atoms with Gasteiger partial charge in [-0.25, -0.2) is 8.78 Å². The molecule has 0 radical (unpaired) electrons. The summed E-state index contributed by atoms with van der Waals surface area (Å²) in [5, 5.41) is 0.809. The lowest BCUT2D eigenvalue weighted by Gasteiger charge is -2.37. The molecule has 0 aromatic carbocycles. The normalized spacial score (nSPS) is 30.8. The van der Waals surface area contributed by atoms with Crippen molar-refractivity contribution in [3.63, 3.8) is 0 Å². The molecule has 1 atom stereocenters. The summed E-state index contributed by atoms with van der Waals surface area (Å²) in [4.78, 5) is 2.49. The zero-order valence-electron chi connectivity index (χ0n) is 11.5. The highest BCUT2D eigenvalue weighted by atomic mass is 32.2. The Kier molecular flexibility index (Phi) is 4.92. The molecule has 0 spiro atoms. The minimum Gasteiger partial charge on any atom is -0.301 e. The summed E-state index contributed by atoms with van der Waals surface area (Å²) in [5.41, 5.74) is 0. The number of halogens is 2. The summed E-state index contributed by atoms with van der Waals surface area (Å²) in [6.07, 6.45) is 4.26. The summed E-state index contributed by atoms with van der Waals surface area (Å²) in [5.74, 6) is -2.39. The molecule has 0 aromatic heterocycles. The predicted octanol–water partition coefficient (Wildman–Crippen LogP) is 4.17. The second kappa shape index (κ2) is 6.08. The topological polar surface area (TPSA) is 3.24 Å². The molecule has 0 amide bonds. The summed E-state index contributed by atoms with van der Waals surface area (Å²) in [6.45, 7) is 6.74. The van der Waals surface area contributed by atoms with Gasteiger partial charge in [-0.15, -0.1) is 0 Å². The molecule has 1 saturated heterocycles. The molecule has 1 nitrogen and oxygen atoms in total. The first kappa shape index (κ1) is 14.6. The quantitative estimate of drug-likeness (QED) is 0.761. The molecule has 2 rings (SSSR count). The molecular weight excluding hydrogens is 252 g/mol. The van der Waals surface area contributed by atoms with Gasteiger partial charge in [0.1, 0.15) is 0 Å². The van der Waals surface area contributed by atoms with E-state index in [-0.39, 0.29) is 18.1 Å². The van der Waals surface area contributed by atoms with E-state index in [1.165, 1.54) is 12.8 Å². The van der Waals surface area contributed by atoms with Crippen molar-refractivity contribution < 1.29 is 8.78 Å². The van der Waals surface area contributed by atoms with Gasteiger partial charge in [-0.2, -0.15) is 11.8 Å². The molecule has 4 heteroatoms. The Labute approximate surface area is 114 Å². The van der Waals surface area contributed by atoms with Crippen LogP contribution in [0.3, 0.4) is 0 Å². The minimum atomic E-state index is -2.39. The summed E-state index contributed by atoms with van der Waals surface area (Å²) in [6, 6.07) is 0.620. The van der Waals surface area contributed by atoms with Gasteiger partial charge in [0.2, 0.25) is 5.92 Å².